The molecule has 1 N–H and O–H groups in total. The molecular weight excluding hydrogens is 386 g/mol. The van der Waals surface area contributed by atoms with Gasteiger partial charge in [0.2, 0.25) is 0 Å². The first-order valence-electron chi connectivity index (χ1n) is 10.7. The van der Waals surface area contributed by atoms with Gasteiger partial charge in [-0.3, -0.25) is 4.79 Å². The van der Waals surface area contributed by atoms with Crippen LogP contribution in [0.1, 0.15) is 54.7 Å². The Labute approximate surface area is 185 Å². The van der Waals surface area contributed by atoms with Gasteiger partial charge in [-0.1, -0.05) is 69.3 Å². The minimum Gasteiger partial charge on any atom is -0.493 e. The van der Waals surface area contributed by atoms with Crippen molar-refractivity contribution < 1.29 is 14.3 Å². The first-order chi connectivity index (χ1) is 14.9. The van der Waals surface area contributed by atoms with E-state index in [-0.39, 0.29) is 11.3 Å². The largest absolute Gasteiger partial charge is 0.493 e. The zero-order valence-corrected chi connectivity index (χ0v) is 18.8. The molecule has 0 unspecified atom stereocenters. The molecule has 4 heteroatoms. The topological polar surface area (TPSA) is 47.6 Å². The molecule has 1 amide bonds. The van der Waals surface area contributed by atoms with Crippen LogP contribution in [-0.4, -0.2) is 12.5 Å². The smallest absolute Gasteiger partial charge is 0.251 e. The van der Waals surface area contributed by atoms with Crippen LogP contribution in [0.4, 0.5) is 0 Å². The summed E-state index contributed by atoms with van der Waals surface area (Å²) in [5.74, 6) is 1.45. The van der Waals surface area contributed by atoms with Gasteiger partial charge in [-0.05, 0) is 47.7 Å². The molecule has 4 nitrogen and oxygen atoms in total. The zero-order valence-electron chi connectivity index (χ0n) is 18.8. The van der Waals surface area contributed by atoms with Crippen LogP contribution in [0, 0.1) is 0 Å². The molecule has 0 spiro atoms. The Bertz CT molecular complexity index is 1010. The van der Waals surface area contributed by atoms with Crippen LogP contribution in [0.25, 0.3) is 0 Å². The molecule has 0 aliphatic rings. The molecule has 0 radical (unpaired) electrons. The van der Waals surface area contributed by atoms with Crippen molar-refractivity contribution in [2.45, 2.75) is 46.3 Å². The quantitative estimate of drug-likeness (QED) is 0.497. The molecule has 162 valence electrons. The molecule has 0 saturated carbocycles. The Balaban J connectivity index is 1.77. The first-order valence-corrected chi connectivity index (χ1v) is 10.7. The maximum Gasteiger partial charge on any atom is 0.251 e. The molecule has 31 heavy (non-hydrogen) atoms. The second-order valence-electron chi connectivity index (χ2n) is 8.46. The van der Waals surface area contributed by atoms with Crippen molar-refractivity contribution in [3.8, 4) is 11.5 Å². The summed E-state index contributed by atoms with van der Waals surface area (Å²) in [6.45, 7) is 9.79. The normalized spacial score (nSPS) is 11.1. The van der Waals surface area contributed by atoms with Gasteiger partial charge < -0.3 is 14.8 Å². The Morgan fingerprint density at radius 1 is 0.871 bits per heavy atom. The fourth-order valence-electron chi connectivity index (χ4n) is 3.38. The Morgan fingerprint density at radius 3 is 2.29 bits per heavy atom. The van der Waals surface area contributed by atoms with E-state index in [0.717, 1.165) is 28.2 Å². The van der Waals surface area contributed by atoms with Gasteiger partial charge in [-0.15, -0.1) is 0 Å². The van der Waals surface area contributed by atoms with E-state index in [1.165, 1.54) is 0 Å². The van der Waals surface area contributed by atoms with Crippen LogP contribution in [0.2, 0.25) is 0 Å². The summed E-state index contributed by atoms with van der Waals surface area (Å²) >= 11 is 0. The predicted molar refractivity (Wildman–Crippen MR) is 125 cm³/mol. The van der Waals surface area contributed by atoms with E-state index in [1.807, 2.05) is 67.6 Å². The van der Waals surface area contributed by atoms with Gasteiger partial charge in [-0.2, -0.15) is 0 Å². The average Bonchev–Trinajstić information content (AvgIpc) is 2.77. The van der Waals surface area contributed by atoms with Crippen molar-refractivity contribution in [3.63, 3.8) is 0 Å². The Morgan fingerprint density at radius 2 is 1.58 bits per heavy atom. The first kappa shape index (κ1) is 22.4. The Kier molecular flexibility index (Phi) is 7.35. The summed E-state index contributed by atoms with van der Waals surface area (Å²) in [7, 11) is 0. The second-order valence-corrected chi connectivity index (χ2v) is 8.46. The lowest BCUT2D eigenvalue weighted by Gasteiger charge is -2.23. The van der Waals surface area contributed by atoms with Gasteiger partial charge in [0.05, 0.1) is 6.61 Å². The maximum absolute atomic E-state index is 12.7. The number of carbonyl (C=O) groups excluding carboxylic acids is 1. The minimum absolute atomic E-state index is 0.0293. The third-order valence-electron chi connectivity index (χ3n) is 5.00. The number of benzene rings is 3. The van der Waals surface area contributed by atoms with Crippen molar-refractivity contribution in [2.24, 2.45) is 0 Å². The van der Waals surface area contributed by atoms with Crippen LogP contribution in [0.15, 0.2) is 72.8 Å². The summed E-state index contributed by atoms with van der Waals surface area (Å²) in [6.07, 6.45) is 0. The number of hydrogen-bond donors (Lipinski definition) is 1. The lowest BCUT2D eigenvalue weighted by atomic mass is 9.86. The van der Waals surface area contributed by atoms with Gasteiger partial charge in [0.25, 0.3) is 5.91 Å². The summed E-state index contributed by atoms with van der Waals surface area (Å²) in [6, 6.07) is 23.4. The lowest BCUT2D eigenvalue weighted by molar-refractivity contribution is 0.0950. The van der Waals surface area contributed by atoms with Crippen LogP contribution < -0.4 is 14.8 Å². The number of hydrogen-bond acceptors (Lipinski definition) is 3. The minimum atomic E-state index is -0.122. The molecule has 0 atom stereocenters. The van der Waals surface area contributed by atoms with Gasteiger partial charge >= 0.3 is 0 Å². The number of para-hydroxylation sites is 1. The molecule has 3 aromatic rings. The van der Waals surface area contributed by atoms with E-state index in [1.54, 1.807) is 6.07 Å². The Hall–Kier alpha value is -3.27. The second kappa shape index (κ2) is 10.2. The van der Waals surface area contributed by atoms with Gasteiger partial charge in [-0.25, -0.2) is 0 Å². The van der Waals surface area contributed by atoms with Crippen LogP contribution in [0.5, 0.6) is 11.5 Å². The third kappa shape index (κ3) is 6.11. The summed E-state index contributed by atoms with van der Waals surface area (Å²) in [5.41, 5.74) is 3.60. The van der Waals surface area contributed by atoms with Crippen molar-refractivity contribution in [1.29, 1.82) is 0 Å². The molecule has 0 saturated heterocycles. The van der Waals surface area contributed by atoms with Crippen LogP contribution in [0.3, 0.4) is 0 Å². The lowest BCUT2D eigenvalue weighted by Crippen LogP contribution is -2.23. The third-order valence-corrected chi connectivity index (χ3v) is 5.00. The number of carbonyl (C=O) groups is 1. The monoisotopic (exact) mass is 417 g/mol. The number of ether oxygens (including phenoxy) is 2. The highest BCUT2D eigenvalue weighted by Crippen LogP contribution is 2.32. The highest BCUT2D eigenvalue weighted by Gasteiger charge is 2.19. The van der Waals surface area contributed by atoms with Crippen molar-refractivity contribution in [3.05, 3.63) is 95.1 Å². The molecule has 0 heterocycles. The molecule has 3 rings (SSSR count). The number of rotatable bonds is 8. The van der Waals surface area contributed by atoms with Crippen LogP contribution >= 0.6 is 0 Å². The van der Waals surface area contributed by atoms with E-state index < -0.39 is 0 Å². The number of amides is 1. The summed E-state index contributed by atoms with van der Waals surface area (Å²) in [5, 5.41) is 2.98. The maximum atomic E-state index is 12.7. The highest BCUT2D eigenvalue weighted by atomic mass is 16.5. The number of nitrogens with one attached hydrogen (secondary N) is 1. The van der Waals surface area contributed by atoms with Crippen molar-refractivity contribution >= 4 is 5.91 Å². The summed E-state index contributed by atoms with van der Waals surface area (Å²) in [4.78, 5) is 12.7. The zero-order chi connectivity index (χ0) is 22.3. The van der Waals surface area contributed by atoms with E-state index in [4.69, 9.17) is 9.47 Å². The standard InChI is InChI=1S/C27H31NO3/c1-5-30-24-16-15-21(26(29)28-18-20-11-7-6-8-12-20)17-22(24)19-31-25-14-10-9-13-23(25)27(2,3)4/h6-17H,5,18-19H2,1-4H3,(H,28,29). The van der Waals surface area contributed by atoms with E-state index in [0.29, 0.717) is 25.3 Å². The molecule has 0 aliphatic carbocycles. The van der Waals surface area contributed by atoms with E-state index in [2.05, 4.69) is 32.2 Å². The highest BCUT2D eigenvalue weighted by molar-refractivity contribution is 5.94. The van der Waals surface area contributed by atoms with Gasteiger partial charge in [0.15, 0.2) is 0 Å². The van der Waals surface area contributed by atoms with Gasteiger partial charge in [0, 0.05) is 17.7 Å². The molecule has 0 fully saturated rings. The molecule has 0 aliphatic heterocycles. The SMILES string of the molecule is CCOc1ccc(C(=O)NCc2ccccc2)cc1COc1ccccc1C(C)(C)C. The van der Waals surface area contributed by atoms with Crippen LogP contribution in [-0.2, 0) is 18.6 Å². The fourth-order valence-corrected chi connectivity index (χ4v) is 3.38. The molecule has 0 bridgehead atoms. The van der Waals surface area contributed by atoms with Crippen molar-refractivity contribution in [1.82, 2.24) is 5.32 Å². The predicted octanol–water partition coefficient (Wildman–Crippen LogP) is 5.89. The fraction of sp³-hybridized carbons (Fsp3) is 0.296. The molecular formula is C27H31NO3. The molecule has 3 aromatic carbocycles. The average molecular weight is 418 g/mol. The van der Waals surface area contributed by atoms with E-state index in [9.17, 15) is 4.79 Å². The van der Waals surface area contributed by atoms with Gasteiger partial charge in [0.1, 0.15) is 18.1 Å². The summed E-state index contributed by atoms with van der Waals surface area (Å²) < 4.78 is 12.0. The molecule has 0 aromatic heterocycles. The van der Waals surface area contributed by atoms with E-state index >= 15 is 0 Å². The van der Waals surface area contributed by atoms with Crippen molar-refractivity contribution in [2.75, 3.05) is 6.61 Å².